The van der Waals surface area contributed by atoms with Gasteiger partial charge in [-0.3, -0.25) is 0 Å². The lowest BCUT2D eigenvalue weighted by molar-refractivity contribution is 0.0443. The van der Waals surface area contributed by atoms with Gasteiger partial charge in [-0.1, -0.05) is 29.8 Å². The van der Waals surface area contributed by atoms with E-state index in [1.54, 1.807) is 6.92 Å². The van der Waals surface area contributed by atoms with E-state index in [4.69, 9.17) is 9.15 Å². The molecule has 3 rings (SSSR count). The fourth-order valence-electron chi connectivity index (χ4n) is 2.02. The summed E-state index contributed by atoms with van der Waals surface area (Å²) in [6, 6.07) is 9.94. The first-order chi connectivity index (χ1) is 10.6. The number of hydrogen-bond acceptors (Lipinski definition) is 6. The van der Waals surface area contributed by atoms with Crippen LogP contribution >= 0.6 is 11.3 Å². The van der Waals surface area contributed by atoms with Crippen LogP contribution in [-0.4, -0.2) is 16.2 Å². The fraction of sp³-hybridized carbons (Fsp3) is 0.188. The molecule has 0 saturated carbocycles. The molecule has 0 radical (unpaired) electrons. The van der Waals surface area contributed by atoms with E-state index < -0.39 is 0 Å². The van der Waals surface area contributed by atoms with E-state index in [1.165, 1.54) is 16.9 Å². The summed E-state index contributed by atoms with van der Waals surface area (Å²) in [5, 5.41) is 9.37. The van der Waals surface area contributed by atoms with E-state index in [9.17, 15) is 4.79 Å². The van der Waals surface area contributed by atoms with Crippen molar-refractivity contribution in [2.45, 2.75) is 20.5 Å². The quantitative estimate of drug-likeness (QED) is 0.686. The van der Waals surface area contributed by atoms with E-state index >= 15 is 0 Å². The summed E-state index contributed by atoms with van der Waals surface area (Å²) in [5.41, 5.74) is 3.04. The number of ether oxygens (including phenoxy) is 1. The summed E-state index contributed by atoms with van der Waals surface area (Å²) < 4.78 is 10.4. The Bertz CT molecular complexity index is 790. The van der Waals surface area contributed by atoms with Crippen LogP contribution in [0.2, 0.25) is 0 Å². The monoisotopic (exact) mass is 314 g/mol. The molecule has 0 bridgehead atoms. The summed E-state index contributed by atoms with van der Waals surface area (Å²) in [4.78, 5) is 12.8. The molecule has 2 aromatic heterocycles. The smallest absolute Gasteiger partial charge is 0.349 e. The molecule has 0 N–H and O–H groups in total. The number of nitrogens with zero attached hydrogens (tertiary/aromatic N) is 2. The van der Waals surface area contributed by atoms with E-state index in [-0.39, 0.29) is 12.6 Å². The van der Waals surface area contributed by atoms with Crippen LogP contribution in [0.3, 0.4) is 0 Å². The van der Waals surface area contributed by atoms with Crippen molar-refractivity contribution in [1.82, 2.24) is 10.2 Å². The third-order valence-corrected chi connectivity index (χ3v) is 4.00. The van der Waals surface area contributed by atoms with Gasteiger partial charge in [0.15, 0.2) is 6.61 Å². The highest BCUT2D eigenvalue weighted by atomic mass is 32.1. The Kier molecular flexibility index (Phi) is 4.02. The van der Waals surface area contributed by atoms with Gasteiger partial charge < -0.3 is 9.15 Å². The topological polar surface area (TPSA) is 65.2 Å². The standard InChI is InChI=1S/C16H14N2O3S/c1-10-3-5-12(6-4-10)13-7-8-22-15(13)16(19)20-9-14-18-17-11(2)21-14/h3-8H,9H2,1-2H3. The molecule has 0 aliphatic carbocycles. The van der Waals surface area contributed by atoms with Gasteiger partial charge in [-0.15, -0.1) is 21.5 Å². The molecule has 0 fully saturated rings. The Morgan fingerprint density at radius 3 is 2.64 bits per heavy atom. The van der Waals surface area contributed by atoms with Crippen LogP contribution in [0, 0.1) is 13.8 Å². The van der Waals surface area contributed by atoms with Crippen molar-refractivity contribution in [3.63, 3.8) is 0 Å². The number of aromatic nitrogens is 2. The van der Waals surface area contributed by atoms with Gasteiger partial charge in [0.2, 0.25) is 5.89 Å². The molecule has 0 atom stereocenters. The minimum atomic E-state index is -0.388. The van der Waals surface area contributed by atoms with Crippen molar-refractivity contribution < 1.29 is 13.9 Å². The Balaban J connectivity index is 1.76. The van der Waals surface area contributed by atoms with Gasteiger partial charge in [-0.2, -0.15) is 0 Å². The van der Waals surface area contributed by atoms with E-state index in [2.05, 4.69) is 10.2 Å². The van der Waals surface area contributed by atoms with Crippen LogP contribution in [0.5, 0.6) is 0 Å². The minimum absolute atomic E-state index is 0.0229. The predicted molar refractivity (Wildman–Crippen MR) is 82.6 cm³/mol. The van der Waals surface area contributed by atoms with Gasteiger partial charge in [0.05, 0.1) is 0 Å². The molecule has 2 heterocycles. The molecule has 0 aliphatic rings. The van der Waals surface area contributed by atoms with Crippen molar-refractivity contribution in [2.75, 3.05) is 0 Å². The highest BCUT2D eigenvalue weighted by Crippen LogP contribution is 2.29. The second-order valence-electron chi connectivity index (χ2n) is 4.82. The molecule has 0 aliphatic heterocycles. The van der Waals surface area contributed by atoms with E-state index in [1.807, 2.05) is 42.6 Å². The third kappa shape index (κ3) is 3.07. The predicted octanol–water partition coefficient (Wildman–Crippen LogP) is 3.77. The van der Waals surface area contributed by atoms with E-state index in [0.717, 1.165) is 11.1 Å². The number of esters is 1. The molecule has 112 valence electrons. The minimum Gasteiger partial charge on any atom is -0.451 e. The molecular weight excluding hydrogens is 300 g/mol. The van der Waals surface area contributed by atoms with Gasteiger partial charge in [0.1, 0.15) is 4.88 Å². The third-order valence-electron chi connectivity index (χ3n) is 3.11. The lowest BCUT2D eigenvalue weighted by Gasteiger charge is -2.04. The van der Waals surface area contributed by atoms with Crippen LogP contribution in [-0.2, 0) is 11.3 Å². The number of aryl methyl sites for hydroxylation is 2. The van der Waals surface area contributed by atoms with Crippen LogP contribution < -0.4 is 0 Å². The number of hydrogen-bond donors (Lipinski definition) is 0. The van der Waals surface area contributed by atoms with Gasteiger partial charge in [0.25, 0.3) is 5.89 Å². The average molecular weight is 314 g/mol. The lowest BCUT2D eigenvalue weighted by atomic mass is 10.1. The van der Waals surface area contributed by atoms with Crippen molar-refractivity contribution in [1.29, 1.82) is 0 Å². The second-order valence-corrected chi connectivity index (χ2v) is 5.74. The zero-order valence-electron chi connectivity index (χ0n) is 12.2. The number of thiophene rings is 1. The van der Waals surface area contributed by atoms with Crippen LogP contribution in [0.4, 0.5) is 0 Å². The SMILES string of the molecule is Cc1ccc(-c2ccsc2C(=O)OCc2nnc(C)o2)cc1. The maximum absolute atomic E-state index is 12.2. The molecule has 0 spiro atoms. The Morgan fingerprint density at radius 1 is 1.18 bits per heavy atom. The van der Waals surface area contributed by atoms with Crippen molar-refractivity contribution >= 4 is 17.3 Å². The molecule has 22 heavy (non-hydrogen) atoms. The van der Waals surface area contributed by atoms with Crippen molar-refractivity contribution in [3.05, 3.63) is 57.9 Å². The first kappa shape index (κ1) is 14.5. The second kappa shape index (κ2) is 6.11. The van der Waals surface area contributed by atoms with Gasteiger partial charge in [-0.25, -0.2) is 4.79 Å². The largest absolute Gasteiger partial charge is 0.451 e. The maximum atomic E-state index is 12.2. The Morgan fingerprint density at radius 2 is 1.95 bits per heavy atom. The Hall–Kier alpha value is -2.47. The highest BCUT2D eigenvalue weighted by Gasteiger charge is 2.17. The molecule has 1 aromatic carbocycles. The van der Waals surface area contributed by atoms with E-state index in [0.29, 0.717) is 16.7 Å². The number of rotatable bonds is 4. The van der Waals surface area contributed by atoms with Gasteiger partial charge in [-0.05, 0) is 23.9 Å². The molecule has 3 aromatic rings. The first-order valence-electron chi connectivity index (χ1n) is 6.74. The Labute approximate surface area is 131 Å². The number of carbonyl (C=O) groups excluding carboxylic acids is 1. The van der Waals surface area contributed by atoms with Gasteiger partial charge in [0, 0.05) is 12.5 Å². The van der Waals surface area contributed by atoms with Crippen molar-refractivity contribution in [2.24, 2.45) is 0 Å². The number of carbonyl (C=O) groups is 1. The average Bonchev–Trinajstić information content (AvgIpc) is 3.14. The van der Waals surface area contributed by atoms with Crippen molar-refractivity contribution in [3.8, 4) is 11.1 Å². The molecule has 6 heteroatoms. The zero-order valence-corrected chi connectivity index (χ0v) is 13.0. The molecule has 5 nitrogen and oxygen atoms in total. The fourth-order valence-corrected chi connectivity index (χ4v) is 2.82. The molecule has 0 unspecified atom stereocenters. The number of benzene rings is 1. The van der Waals surface area contributed by atoms with Crippen LogP contribution in [0.1, 0.15) is 27.0 Å². The lowest BCUT2D eigenvalue weighted by Crippen LogP contribution is -2.04. The van der Waals surface area contributed by atoms with Gasteiger partial charge >= 0.3 is 5.97 Å². The summed E-state index contributed by atoms with van der Waals surface area (Å²) in [7, 11) is 0. The summed E-state index contributed by atoms with van der Waals surface area (Å²) in [6.07, 6.45) is 0. The highest BCUT2D eigenvalue weighted by molar-refractivity contribution is 7.12. The summed E-state index contributed by atoms with van der Waals surface area (Å²) in [6.45, 7) is 3.69. The maximum Gasteiger partial charge on any atom is 0.349 e. The zero-order chi connectivity index (χ0) is 15.5. The normalized spacial score (nSPS) is 10.6. The molecular formula is C16H14N2O3S. The molecule has 0 saturated heterocycles. The summed E-state index contributed by atoms with van der Waals surface area (Å²) in [5.74, 6) is 0.350. The first-order valence-corrected chi connectivity index (χ1v) is 7.62. The molecule has 0 amide bonds. The van der Waals surface area contributed by atoms with Crippen LogP contribution in [0.15, 0.2) is 40.1 Å². The van der Waals surface area contributed by atoms with Crippen LogP contribution in [0.25, 0.3) is 11.1 Å². The summed E-state index contributed by atoms with van der Waals surface area (Å²) >= 11 is 1.36.